The van der Waals surface area contributed by atoms with Crippen molar-refractivity contribution in [1.29, 1.82) is 0 Å². The van der Waals surface area contributed by atoms with Crippen LogP contribution in [0.25, 0.3) is 0 Å². The van der Waals surface area contributed by atoms with Crippen molar-refractivity contribution in [3.63, 3.8) is 0 Å². The molecule has 2 rings (SSSR count). The lowest BCUT2D eigenvalue weighted by molar-refractivity contribution is -0.146. The number of hydrogen-bond acceptors (Lipinski definition) is 4. The molecule has 0 aromatic heterocycles. The minimum atomic E-state index is -2.87. The van der Waals surface area contributed by atoms with Crippen LogP contribution in [-0.2, 0) is 16.1 Å². The Hall–Kier alpha value is -1.40. The van der Waals surface area contributed by atoms with Crippen LogP contribution in [-0.4, -0.2) is 25.7 Å². The molecule has 0 bridgehead atoms. The summed E-state index contributed by atoms with van der Waals surface area (Å²) in [7, 11) is 1.40. The molecule has 1 N–H and O–H groups in total. The molecule has 1 fully saturated rings. The summed E-state index contributed by atoms with van der Waals surface area (Å²) in [5.74, 6) is -0.0759. The zero-order valence-electron chi connectivity index (χ0n) is 12.9. The van der Waals surface area contributed by atoms with Gasteiger partial charge < -0.3 is 14.8 Å². The van der Waals surface area contributed by atoms with Gasteiger partial charge in [0.1, 0.15) is 5.75 Å². The van der Waals surface area contributed by atoms with Gasteiger partial charge >= 0.3 is 12.6 Å². The molecule has 0 saturated heterocycles. The lowest BCUT2D eigenvalue weighted by atomic mass is 9.86. The van der Waals surface area contributed by atoms with Gasteiger partial charge in [0.15, 0.2) is 0 Å². The lowest BCUT2D eigenvalue weighted by Gasteiger charge is -2.28. The number of halogens is 3. The quantitative estimate of drug-likeness (QED) is 0.796. The van der Waals surface area contributed by atoms with E-state index in [1.54, 1.807) is 6.07 Å². The Morgan fingerprint density at radius 2 is 2.04 bits per heavy atom. The molecule has 1 aromatic carbocycles. The number of hydrogen-bond donors (Lipinski definition) is 1. The molecule has 0 heterocycles. The molecule has 0 amide bonds. The van der Waals surface area contributed by atoms with Gasteiger partial charge in [-0.05, 0) is 43.9 Å². The number of benzene rings is 1. The van der Waals surface area contributed by atoms with Crippen LogP contribution in [0.5, 0.6) is 5.75 Å². The first kappa shape index (κ1) is 17.9. The fraction of sp³-hybridized carbons (Fsp3) is 0.562. The maximum Gasteiger partial charge on any atom is 0.387 e. The molecule has 0 unspecified atom stereocenters. The fourth-order valence-corrected chi connectivity index (χ4v) is 3.05. The molecule has 23 heavy (non-hydrogen) atoms. The van der Waals surface area contributed by atoms with Crippen LogP contribution in [0, 0.1) is 5.92 Å². The van der Waals surface area contributed by atoms with E-state index in [1.165, 1.54) is 19.2 Å². The summed E-state index contributed by atoms with van der Waals surface area (Å²) in [5.41, 5.74) is 0.591. The maximum absolute atomic E-state index is 12.4. The van der Waals surface area contributed by atoms with Crippen molar-refractivity contribution in [2.45, 2.75) is 44.9 Å². The molecule has 0 radical (unpaired) electrons. The van der Waals surface area contributed by atoms with Gasteiger partial charge in [0.05, 0.1) is 13.0 Å². The summed E-state index contributed by atoms with van der Waals surface area (Å²) < 4.78 is 34.1. The van der Waals surface area contributed by atoms with E-state index >= 15 is 0 Å². The molecular formula is C16H20ClF2NO3. The number of nitrogens with one attached hydrogen (secondary N) is 1. The second-order valence-corrected chi connectivity index (χ2v) is 6.02. The monoisotopic (exact) mass is 347 g/mol. The Morgan fingerprint density at radius 3 is 2.65 bits per heavy atom. The van der Waals surface area contributed by atoms with Crippen LogP contribution in [0.2, 0.25) is 5.02 Å². The molecular weight excluding hydrogens is 328 g/mol. The lowest BCUT2D eigenvalue weighted by Crippen LogP contribution is -2.35. The predicted octanol–water partition coefficient (Wildman–Crippen LogP) is 3.76. The molecule has 0 spiro atoms. The summed E-state index contributed by atoms with van der Waals surface area (Å²) >= 11 is 5.92. The van der Waals surface area contributed by atoms with E-state index in [-0.39, 0.29) is 23.7 Å². The molecule has 128 valence electrons. The summed E-state index contributed by atoms with van der Waals surface area (Å²) in [6, 6.07) is 4.81. The van der Waals surface area contributed by atoms with E-state index in [4.69, 9.17) is 16.3 Å². The smallest absolute Gasteiger partial charge is 0.387 e. The Labute approximate surface area is 139 Å². The highest BCUT2D eigenvalue weighted by molar-refractivity contribution is 6.30. The molecule has 4 nitrogen and oxygen atoms in total. The van der Waals surface area contributed by atoms with E-state index in [0.717, 1.165) is 25.7 Å². The van der Waals surface area contributed by atoms with Crippen molar-refractivity contribution >= 4 is 17.6 Å². The maximum atomic E-state index is 12.4. The van der Waals surface area contributed by atoms with Gasteiger partial charge in [0.2, 0.25) is 0 Å². The van der Waals surface area contributed by atoms with Crippen molar-refractivity contribution in [3.8, 4) is 5.75 Å². The third-order valence-electron chi connectivity index (χ3n) is 4.08. The first-order valence-electron chi connectivity index (χ1n) is 7.54. The van der Waals surface area contributed by atoms with E-state index in [1.807, 2.05) is 0 Å². The molecule has 1 saturated carbocycles. The Kier molecular flexibility index (Phi) is 6.59. The van der Waals surface area contributed by atoms with Crippen LogP contribution < -0.4 is 10.1 Å². The molecule has 1 aliphatic carbocycles. The van der Waals surface area contributed by atoms with Crippen LogP contribution in [0.4, 0.5) is 8.78 Å². The van der Waals surface area contributed by atoms with Gasteiger partial charge in [-0.3, -0.25) is 4.79 Å². The Balaban J connectivity index is 1.89. The summed E-state index contributed by atoms with van der Waals surface area (Å²) in [6.45, 7) is -2.48. The van der Waals surface area contributed by atoms with E-state index in [0.29, 0.717) is 17.1 Å². The van der Waals surface area contributed by atoms with E-state index < -0.39 is 6.61 Å². The van der Waals surface area contributed by atoms with Crippen LogP contribution in [0.1, 0.15) is 31.2 Å². The summed E-state index contributed by atoms with van der Waals surface area (Å²) in [5, 5.41) is 3.79. The van der Waals surface area contributed by atoms with E-state index in [9.17, 15) is 13.6 Å². The second kappa shape index (κ2) is 8.45. The third kappa shape index (κ3) is 5.32. The van der Waals surface area contributed by atoms with Gasteiger partial charge in [-0.15, -0.1) is 0 Å². The molecule has 0 atom stereocenters. The highest BCUT2D eigenvalue weighted by Gasteiger charge is 2.26. The number of esters is 1. The van der Waals surface area contributed by atoms with Crippen molar-refractivity contribution in [1.82, 2.24) is 5.32 Å². The SMILES string of the molecule is COC(=O)C1CCC(NCc2cc(Cl)ccc2OC(F)F)CC1. The third-order valence-corrected chi connectivity index (χ3v) is 4.32. The van der Waals surface area contributed by atoms with E-state index in [2.05, 4.69) is 10.1 Å². The topological polar surface area (TPSA) is 47.6 Å². The highest BCUT2D eigenvalue weighted by atomic mass is 35.5. The van der Waals surface area contributed by atoms with Crippen molar-refractivity contribution in [2.75, 3.05) is 7.11 Å². The number of rotatable bonds is 6. The van der Waals surface area contributed by atoms with Crippen LogP contribution in [0.3, 0.4) is 0 Å². The summed E-state index contributed by atoms with van der Waals surface area (Å²) in [4.78, 5) is 11.5. The second-order valence-electron chi connectivity index (χ2n) is 5.58. The Morgan fingerprint density at radius 1 is 1.35 bits per heavy atom. The van der Waals surface area contributed by atoms with Gasteiger partial charge in [0.25, 0.3) is 0 Å². The number of alkyl halides is 2. The van der Waals surface area contributed by atoms with Crippen molar-refractivity contribution < 1.29 is 23.0 Å². The van der Waals surface area contributed by atoms with Gasteiger partial charge in [-0.2, -0.15) is 8.78 Å². The van der Waals surface area contributed by atoms with Gasteiger partial charge in [-0.25, -0.2) is 0 Å². The number of methoxy groups -OCH3 is 1. The minimum Gasteiger partial charge on any atom is -0.469 e. The van der Waals surface area contributed by atoms with Gasteiger partial charge in [0, 0.05) is 23.2 Å². The van der Waals surface area contributed by atoms with Crippen molar-refractivity contribution in [2.24, 2.45) is 5.92 Å². The predicted molar refractivity (Wildman–Crippen MR) is 82.7 cm³/mol. The first-order chi connectivity index (χ1) is 11.0. The fourth-order valence-electron chi connectivity index (χ4n) is 2.85. The van der Waals surface area contributed by atoms with Crippen LogP contribution in [0.15, 0.2) is 18.2 Å². The molecule has 0 aliphatic heterocycles. The number of ether oxygens (including phenoxy) is 2. The first-order valence-corrected chi connectivity index (χ1v) is 7.92. The van der Waals surface area contributed by atoms with Gasteiger partial charge in [-0.1, -0.05) is 11.6 Å². The number of carbonyl (C=O) groups is 1. The normalized spacial score (nSPS) is 21.3. The molecule has 1 aromatic rings. The largest absolute Gasteiger partial charge is 0.469 e. The molecule has 7 heteroatoms. The average Bonchev–Trinajstić information content (AvgIpc) is 2.54. The zero-order valence-corrected chi connectivity index (χ0v) is 13.6. The van der Waals surface area contributed by atoms with Crippen molar-refractivity contribution in [3.05, 3.63) is 28.8 Å². The van der Waals surface area contributed by atoms with Crippen LogP contribution >= 0.6 is 11.6 Å². The molecule has 1 aliphatic rings. The average molecular weight is 348 g/mol. The summed E-state index contributed by atoms with van der Waals surface area (Å²) in [6.07, 6.45) is 3.21. The minimum absolute atomic E-state index is 0.0399. The Bertz CT molecular complexity index is 534. The standard InChI is InChI=1S/C16H20ClF2NO3/c1-22-15(21)10-2-5-13(6-3-10)20-9-11-8-12(17)4-7-14(11)23-16(18)19/h4,7-8,10,13,16,20H,2-3,5-6,9H2,1H3. The zero-order chi connectivity index (χ0) is 16.8. The highest BCUT2D eigenvalue weighted by Crippen LogP contribution is 2.27. The number of carbonyl (C=O) groups excluding carboxylic acids is 1.